The summed E-state index contributed by atoms with van der Waals surface area (Å²) in [5.41, 5.74) is -0.462. The van der Waals surface area contributed by atoms with Gasteiger partial charge in [0.15, 0.2) is 6.29 Å². The van der Waals surface area contributed by atoms with Crippen LogP contribution in [0.5, 0.6) is 0 Å². The Balaban J connectivity index is 2.00. The Morgan fingerprint density at radius 2 is 1.89 bits per heavy atom. The third kappa shape index (κ3) is 3.36. The Labute approximate surface area is 108 Å². The van der Waals surface area contributed by atoms with Gasteiger partial charge in [0.05, 0.1) is 19.3 Å². The molecule has 2 aliphatic heterocycles. The quantitative estimate of drug-likeness (QED) is 0.722. The number of rotatable bonds is 1. The first-order valence-electron chi connectivity index (χ1n) is 6.70. The van der Waals surface area contributed by atoms with Crippen LogP contribution in [0.15, 0.2) is 0 Å². The fourth-order valence-electron chi connectivity index (χ4n) is 2.39. The summed E-state index contributed by atoms with van der Waals surface area (Å²) in [4.78, 5) is 13.9. The number of carbonyl (C=O) groups excluding carboxylic acids is 1. The molecule has 104 valence electrons. The second kappa shape index (κ2) is 5.45. The van der Waals surface area contributed by atoms with Crippen LogP contribution in [0, 0.1) is 0 Å². The standard InChI is InChI=1S/C13H23NO4/c1-13(2,3)18-12(15)14-7-5-4-6-10(14)11-16-8-9-17-11/h10-11H,4-9H2,1-3H3. The highest BCUT2D eigenvalue weighted by atomic mass is 16.7. The molecule has 2 saturated heterocycles. The Morgan fingerprint density at radius 1 is 1.22 bits per heavy atom. The van der Waals surface area contributed by atoms with Crippen LogP contribution in [-0.4, -0.2) is 48.7 Å². The number of likely N-dealkylation sites (tertiary alicyclic amines) is 1. The van der Waals surface area contributed by atoms with Gasteiger partial charge >= 0.3 is 6.09 Å². The Morgan fingerprint density at radius 3 is 2.50 bits per heavy atom. The number of amides is 1. The average Bonchev–Trinajstić information content (AvgIpc) is 2.80. The normalized spacial score (nSPS) is 26.4. The summed E-state index contributed by atoms with van der Waals surface area (Å²) in [6, 6.07) is -0.00361. The van der Waals surface area contributed by atoms with Crippen molar-refractivity contribution >= 4 is 6.09 Å². The van der Waals surface area contributed by atoms with E-state index in [2.05, 4.69) is 0 Å². The van der Waals surface area contributed by atoms with Crippen LogP contribution in [0.4, 0.5) is 4.79 Å². The number of ether oxygens (including phenoxy) is 3. The van der Waals surface area contributed by atoms with Crippen molar-refractivity contribution in [2.45, 2.75) is 58.0 Å². The minimum atomic E-state index is -0.462. The summed E-state index contributed by atoms with van der Waals surface area (Å²) < 4.78 is 16.5. The van der Waals surface area contributed by atoms with Crippen molar-refractivity contribution in [3.63, 3.8) is 0 Å². The van der Waals surface area contributed by atoms with Gasteiger partial charge in [-0.25, -0.2) is 4.79 Å². The number of hydrogen-bond acceptors (Lipinski definition) is 4. The van der Waals surface area contributed by atoms with Gasteiger partial charge in [-0.3, -0.25) is 0 Å². The van der Waals surface area contributed by atoms with Crippen LogP contribution in [-0.2, 0) is 14.2 Å². The molecule has 1 atom stereocenters. The van der Waals surface area contributed by atoms with Crippen molar-refractivity contribution in [3.05, 3.63) is 0 Å². The van der Waals surface area contributed by atoms with Gasteiger partial charge in [0, 0.05) is 6.54 Å². The predicted molar refractivity (Wildman–Crippen MR) is 66.3 cm³/mol. The highest BCUT2D eigenvalue weighted by Crippen LogP contribution is 2.26. The van der Waals surface area contributed by atoms with Crippen molar-refractivity contribution < 1.29 is 19.0 Å². The lowest BCUT2D eigenvalue weighted by Crippen LogP contribution is -2.51. The van der Waals surface area contributed by atoms with E-state index in [1.165, 1.54) is 0 Å². The number of piperidine rings is 1. The minimum absolute atomic E-state index is 0.00361. The zero-order valence-electron chi connectivity index (χ0n) is 11.5. The lowest BCUT2D eigenvalue weighted by molar-refractivity contribution is -0.108. The maximum absolute atomic E-state index is 12.2. The van der Waals surface area contributed by atoms with Gasteiger partial charge in [-0.1, -0.05) is 0 Å². The summed E-state index contributed by atoms with van der Waals surface area (Å²) in [6.07, 6.45) is 2.50. The van der Waals surface area contributed by atoms with Gasteiger partial charge in [-0.2, -0.15) is 0 Å². The van der Waals surface area contributed by atoms with Crippen molar-refractivity contribution in [1.29, 1.82) is 0 Å². The topological polar surface area (TPSA) is 48.0 Å². The molecule has 1 amide bonds. The lowest BCUT2D eigenvalue weighted by Gasteiger charge is -2.38. The van der Waals surface area contributed by atoms with Crippen LogP contribution in [0.25, 0.3) is 0 Å². The Kier molecular flexibility index (Phi) is 4.12. The van der Waals surface area contributed by atoms with Gasteiger partial charge in [-0.05, 0) is 40.0 Å². The summed E-state index contributed by atoms with van der Waals surface area (Å²) in [5, 5.41) is 0. The molecule has 0 radical (unpaired) electrons. The lowest BCUT2D eigenvalue weighted by atomic mass is 10.0. The molecule has 2 heterocycles. The number of nitrogens with zero attached hydrogens (tertiary/aromatic N) is 1. The van der Waals surface area contributed by atoms with Crippen molar-refractivity contribution in [2.24, 2.45) is 0 Å². The molecule has 0 spiro atoms. The van der Waals surface area contributed by atoms with Gasteiger partial charge in [0.2, 0.25) is 0 Å². The Bertz CT molecular complexity index is 294. The minimum Gasteiger partial charge on any atom is -0.444 e. The van der Waals surface area contributed by atoms with E-state index in [-0.39, 0.29) is 18.4 Å². The molecule has 18 heavy (non-hydrogen) atoms. The molecule has 0 saturated carbocycles. The van der Waals surface area contributed by atoms with Crippen LogP contribution in [0.1, 0.15) is 40.0 Å². The molecule has 5 nitrogen and oxygen atoms in total. The molecule has 2 fully saturated rings. The fraction of sp³-hybridized carbons (Fsp3) is 0.923. The first-order chi connectivity index (χ1) is 8.47. The van der Waals surface area contributed by atoms with E-state index < -0.39 is 5.60 Å². The molecule has 0 aromatic heterocycles. The fourth-order valence-corrected chi connectivity index (χ4v) is 2.39. The molecule has 1 unspecified atom stereocenters. The molecule has 0 aromatic rings. The van der Waals surface area contributed by atoms with Crippen LogP contribution in [0.3, 0.4) is 0 Å². The number of carbonyl (C=O) groups is 1. The second-order valence-corrected chi connectivity index (χ2v) is 5.85. The van der Waals surface area contributed by atoms with E-state index >= 15 is 0 Å². The first-order valence-corrected chi connectivity index (χ1v) is 6.70. The maximum Gasteiger partial charge on any atom is 0.410 e. The summed E-state index contributed by atoms with van der Waals surface area (Å²) >= 11 is 0. The van der Waals surface area contributed by atoms with Gasteiger partial charge < -0.3 is 19.1 Å². The largest absolute Gasteiger partial charge is 0.444 e. The first kappa shape index (κ1) is 13.6. The molecular formula is C13H23NO4. The van der Waals surface area contributed by atoms with E-state index in [4.69, 9.17) is 14.2 Å². The van der Waals surface area contributed by atoms with Gasteiger partial charge in [0.1, 0.15) is 5.60 Å². The zero-order chi connectivity index (χ0) is 13.2. The highest BCUT2D eigenvalue weighted by molar-refractivity contribution is 5.68. The molecular weight excluding hydrogens is 234 g/mol. The van der Waals surface area contributed by atoms with Crippen LogP contribution < -0.4 is 0 Å². The summed E-state index contributed by atoms with van der Waals surface area (Å²) in [5.74, 6) is 0. The predicted octanol–water partition coefficient (Wildman–Crippen LogP) is 2.15. The zero-order valence-corrected chi connectivity index (χ0v) is 11.5. The number of hydrogen-bond donors (Lipinski definition) is 0. The van der Waals surface area contributed by atoms with Gasteiger partial charge in [0.25, 0.3) is 0 Å². The molecule has 0 aromatic carbocycles. The van der Waals surface area contributed by atoms with Gasteiger partial charge in [-0.15, -0.1) is 0 Å². The van der Waals surface area contributed by atoms with E-state index in [0.29, 0.717) is 13.2 Å². The van der Waals surface area contributed by atoms with E-state index in [9.17, 15) is 4.79 Å². The maximum atomic E-state index is 12.2. The molecule has 2 aliphatic rings. The summed E-state index contributed by atoms with van der Waals surface area (Å²) in [6.45, 7) is 7.60. The second-order valence-electron chi connectivity index (χ2n) is 5.85. The molecule has 5 heteroatoms. The Hall–Kier alpha value is -0.810. The monoisotopic (exact) mass is 257 g/mol. The average molecular weight is 257 g/mol. The van der Waals surface area contributed by atoms with Crippen LogP contribution in [0.2, 0.25) is 0 Å². The smallest absolute Gasteiger partial charge is 0.410 e. The van der Waals surface area contributed by atoms with E-state index in [1.54, 1.807) is 4.90 Å². The van der Waals surface area contributed by atoms with Crippen molar-refractivity contribution in [3.8, 4) is 0 Å². The molecule has 0 aliphatic carbocycles. The SMILES string of the molecule is CC(C)(C)OC(=O)N1CCCCC1C1OCCO1. The third-order valence-corrected chi connectivity index (χ3v) is 3.14. The van der Waals surface area contributed by atoms with Crippen LogP contribution >= 0.6 is 0 Å². The molecule has 2 rings (SSSR count). The molecule has 0 N–H and O–H groups in total. The third-order valence-electron chi connectivity index (χ3n) is 3.14. The highest BCUT2D eigenvalue weighted by Gasteiger charge is 2.37. The van der Waals surface area contributed by atoms with E-state index in [1.807, 2.05) is 20.8 Å². The molecule has 0 bridgehead atoms. The van der Waals surface area contributed by atoms with Crippen molar-refractivity contribution in [2.75, 3.05) is 19.8 Å². The summed E-state index contributed by atoms with van der Waals surface area (Å²) in [7, 11) is 0. The van der Waals surface area contributed by atoms with E-state index in [0.717, 1.165) is 25.8 Å². The van der Waals surface area contributed by atoms with Crippen molar-refractivity contribution in [1.82, 2.24) is 4.90 Å².